The third-order valence-electron chi connectivity index (χ3n) is 4.53. The summed E-state index contributed by atoms with van der Waals surface area (Å²) in [4.78, 5) is 36.6. The third-order valence-corrected chi connectivity index (χ3v) is 4.53. The van der Waals surface area contributed by atoms with Gasteiger partial charge in [0.25, 0.3) is 0 Å². The van der Waals surface area contributed by atoms with Crippen LogP contribution in [-0.2, 0) is 9.53 Å². The van der Waals surface area contributed by atoms with E-state index in [0.717, 1.165) is 17.5 Å². The summed E-state index contributed by atoms with van der Waals surface area (Å²) >= 11 is 0. The summed E-state index contributed by atoms with van der Waals surface area (Å²) in [5.74, 6) is -0.930. The highest BCUT2D eigenvalue weighted by Gasteiger charge is 2.16. The second kappa shape index (κ2) is 10.2. The van der Waals surface area contributed by atoms with E-state index >= 15 is 0 Å². The van der Waals surface area contributed by atoms with E-state index < -0.39 is 5.97 Å². The molecule has 1 N–H and O–H groups in total. The van der Waals surface area contributed by atoms with Crippen molar-refractivity contribution in [3.63, 3.8) is 0 Å². The lowest BCUT2D eigenvalue weighted by molar-refractivity contribution is -0.116. The summed E-state index contributed by atoms with van der Waals surface area (Å²) in [7, 11) is 0. The SMILES string of the molecule is CCCC(=O)Nc1ccc(C(=O)COC(=O)c2ccccc2-c2ccccc2)cc1. The minimum Gasteiger partial charge on any atom is -0.454 e. The molecule has 0 spiro atoms. The zero-order valence-corrected chi connectivity index (χ0v) is 16.8. The summed E-state index contributed by atoms with van der Waals surface area (Å²) in [6.07, 6.45) is 1.21. The van der Waals surface area contributed by atoms with Gasteiger partial charge in [-0.05, 0) is 47.9 Å². The fourth-order valence-electron chi connectivity index (χ4n) is 3.01. The van der Waals surface area contributed by atoms with Crippen molar-refractivity contribution in [3.05, 3.63) is 90.0 Å². The number of hydrogen-bond donors (Lipinski definition) is 1. The Morgan fingerprint density at radius 3 is 2.20 bits per heavy atom. The maximum absolute atomic E-state index is 12.6. The normalized spacial score (nSPS) is 10.3. The smallest absolute Gasteiger partial charge is 0.339 e. The highest BCUT2D eigenvalue weighted by molar-refractivity contribution is 6.02. The fraction of sp³-hybridized carbons (Fsp3) is 0.160. The number of hydrogen-bond acceptors (Lipinski definition) is 4. The number of esters is 1. The van der Waals surface area contributed by atoms with Crippen LogP contribution in [0, 0.1) is 0 Å². The molecule has 0 saturated carbocycles. The Morgan fingerprint density at radius 2 is 1.50 bits per heavy atom. The zero-order valence-electron chi connectivity index (χ0n) is 16.8. The molecular formula is C25H23NO4. The third kappa shape index (κ3) is 5.41. The molecule has 0 unspecified atom stereocenters. The van der Waals surface area contributed by atoms with Crippen molar-refractivity contribution in [3.8, 4) is 11.1 Å². The van der Waals surface area contributed by atoms with Crippen LogP contribution in [0.4, 0.5) is 5.69 Å². The lowest BCUT2D eigenvalue weighted by atomic mass is 10.00. The Balaban J connectivity index is 1.63. The number of ketones is 1. The van der Waals surface area contributed by atoms with Crippen molar-refractivity contribution in [1.82, 2.24) is 0 Å². The van der Waals surface area contributed by atoms with Crippen molar-refractivity contribution in [2.45, 2.75) is 19.8 Å². The van der Waals surface area contributed by atoms with Gasteiger partial charge in [-0.25, -0.2) is 4.79 Å². The molecule has 0 aliphatic heterocycles. The number of anilines is 1. The van der Waals surface area contributed by atoms with Gasteiger partial charge in [-0.2, -0.15) is 0 Å². The predicted octanol–water partition coefficient (Wildman–Crippen LogP) is 5.13. The molecule has 0 aliphatic carbocycles. The molecule has 30 heavy (non-hydrogen) atoms. The Labute approximate surface area is 175 Å². The van der Waals surface area contributed by atoms with Gasteiger partial charge >= 0.3 is 5.97 Å². The molecule has 0 bridgehead atoms. The minimum absolute atomic E-state index is 0.0670. The summed E-state index contributed by atoms with van der Waals surface area (Å²) in [5, 5.41) is 2.77. The van der Waals surface area contributed by atoms with Gasteiger partial charge < -0.3 is 10.1 Å². The fourth-order valence-corrected chi connectivity index (χ4v) is 3.01. The largest absolute Gasteiger partial charge is 0.454 e. The minimum atomic E-state index is -0.550. The average molecular weight is 401 g/mol. The van der Waals surface area contributed by atoms with E-state index in [-0.39, 0.29) is 18.3 Å². The number of amides is 1. The molecule has 0 fully saturated rings. The lowest BCUT2D eigenvalue weighted by Gasteiger charge is -2.10. The van der Waals surface area contributed by atoms with Crippen molar-refractivity contribution in [2.75, 3.05) is 11.9 Å². The first-order valence-corrected chi connectivity index (χ1v) is 9.83. The van der Waals surface area contributed by atoms with Gasteiger partial charge in [0.05, 0.1) is 5.56 Å². The number of ether oxygens (including phenoxy) is 1. The van der Waals surface area contributed by atoms with E-state index in [1.54, 1.807) is 36.4 Å². The number of Topliss-reactive ketones (excluding diaryl/α,β-unsaturated/α-hetero) is 1. The van der Waals surface area contributed by atoms with Gasteiger partial charge in [0.2, 0.25) is 5.91 Å². The van der Waals surface area contributed by atoms with E-state index in [1.165, 1.54) is 0 Å². The molecule has 0 aromatic heterocycles. The topological polar surface area (TPSA) is 72.5 Å². The molecule has 3 aromatic carbocycles. The van der Waals surface area contributed by atoms with Gasteiger partial charge in [-0.3, -0.25) is 9.59 Å². The van der Waals surface area contributed by atoms with Crippen LogP contribution in [-0.4, -0.2) is 24.3 Å². The van der Waals surface area contributed by atoms with E-state index in [1.807, 2.05) is 49.4 Å². The van der Waals surface area contributed by atoms with Crippen molar-refractivity contribution in [2.24, 2.45) is 0 Å². The van der Waals surface area contributed by atoms with E-state index in [4.69, 9.17) is 4.74 Å². The Morgan fingerprint density at radius 1 is 0.833 bits per heavy atom. The van der Waals surface area contributed by atoms with Crippen LogP contribution in [0.5, 0.6) is 0 Å². The highest BCUT2D eigenvalue weighted by atomic mass is 16.5. The Bertz CT molecular complexity index is 1030. The molecule has 0 saturated heterocycles. The monoisotopic (exact) mass is 401 g/mol. The first kappa shape index (κ1) is 21.0. The van der Waals surface area contributed by atoms with Gasteiger partial charge in [0.1, 0.15) is 0 Å². The molecule has 0 aliphatic rings. The highest BCUT2D eigenvalue weighted by Crippen LogP contribution is 2.24. The molecular weight excluding hydrogens is 378 g/mol. The van der Waals surface area contributed by atoms with Crippen LogP contribution < -0.4 is 5.32 Å². The molecule has 3 aromatic rings. The van der Waals surface area contributed by atoms with E-state index in [9.17, 15) is 14.4 Å². The van der Waals surface area contributed by atoms with Crippen LogP contribution >= 0.6 is 0 Å². The maximum atomic E-state index is 12.6. The number of nitrogens with one attached hydrogen (secondary N) is 1. The standard InChI is InChI=1S/C25H23NO4/c1-2-8-24(28)26-20-15-13-19(14-16-20)23(27)17-30-25(29)22-12-7-6-11-21(22)18-9-4-3-5-10-18/h3-7,9-16H,2,8,17H2,1H3,(H,26,28). The Hall–Kier alpha value is -3.73. The van der Waals surface area contributed by atoms with Crippen LogP contribution in [0.3, 0.4) is 0 Å². The lowest BCUT2D eigenvalue weighted by Crippen LogP contribution is -2.15. The molecule has 0 atom stereocenters. The summed E-state index contributed by atoms with van der Waals surface area (Å²) in [6.45, 7) is 1.57. The van der Waals surface area contributed by atoms with Crippen LogP contribution in [0.1, 0.15) is 40.5 Å². The number of rotatable bonds is 8. The van der Waals surface area contributed by atoms with E-state index in [0.29, 0.717) is 23.2 Å². The summed E-state index contributed by atoms with van der Waals surface area (Å²) in [6, 6.07) is 23.2. The zero-order chi connectivity index (χ0) is 21.3. The summed E-state index contributed by atoms with van der Waals surface area (Å²) < 4.78 is 5.27. The Kier molecular flexibility index (Phi) is 7.11. The van der Waals surface area contributed by atoms with Gasteiger partial charge in [-0.1, -0.05) is 55.5 Å². The molecule has 0 radical (unpaired) electrons. The van der Waals surface area contributed by atoms with Gasteiger partial charge in [0, 0.05) is 17.7 Å². The second-order valence-electron chi connectivity index (χ2n) is 6.79. The van der Waals surface area contributed by atoms with Gasteiger partial charge in [-0.15, -0.1) is 0 Å². The predicted molar refractivity (Wildman–Crippen MR) is 116 cm³/mol. The quantitative estimate of drug-likeness (QED) is 0.419. The molecule has 152 valence electrons. The van der Waals surface area contributed by atoms with Crippen LogP contribution in [0.25, 0.3) is 11.1 Å². The van der Waals surface area contributed by atoms with Crippen molar-refractivity contribution < 1.29 is 19.1 Å². The number of benzene rings is 3. The molecule has 3 rings (SSSR count). The maximum Gasteiger partial charge on any atom is 0.339 e. The van der Waals surface area contributed by atoms with Gasteiger partial charge in [0.15, 0.2) is 12.4 Å². The second-order valence-corrected chi connectivity index (χ2v) is 6.79. The first-order valence-electron chi connectivity index (χ1n) is 9.83. The van der Waals surface area contributed by atoms with Crippen molar-refractivity contribution >= 4 is 23.3 Å². The number of carbonyl (C=O) groups excluding carboxylic acids is 3. The number of carbonyl (C=O) groups is 3. The molecule has 5 nitrogen and oxygen atoms in total. The average Bonchev–Trinajstić information content (AvgIpc) is 2.78. The molecule has 5 heteroatoms. The van der Waals surface area contributed by atoms with Crippen LogP contribution in [0.15, 0.2) is 78.9 Å². The molecule has 0 heterocycles. The van der Waals surface area contributed by atoms with E-state index in [2.05, 4.69) is 5.32 Å². The summed E-state index contributed by atoms with van der Waals surface area (Å²) in [5.41, 5.74) is 3.09. The first-order chi connectivity index (χ1) is 14.6. The van der Waals surface area contributed by atoms with Crippen LogP contribution in [0.2, 0.25) is 0 Å². The molecule has 1 amide bonds. The van der Waals surface area contributed by atoms with Crippen molar-refractivity contribution in [1.29, 1.82) is 0 Å².